The van der Waals surface area contributed by atoms with Crippen LogP contribution < -0.4 is 5.32 Å². The SMILES string of the molecule is CNCC(=O)N1CCC[C@H]1Cc1cccc(F)c1. The Morgan fingerprint density at radius 3 is 3.11 bits per heavy atom. The Morgan fingerprint density at radius 2 is 2.39 bits per heavy atom. The average Bonchev–Trinajstić information content (AvgIpc) is 2.77. The molecule has 0 saturated carbocycles. The number of rotatable bonds is 4. The number of carbonyl (C=O) groups is 1. The monoisotopic (exact) mass is 250 g/mol. The first-order valence-electron chi connectivity index (χ1n) is 6.39. The zero-order valence-electron chi connectivity index (χ0n) is 10.7. The van der Waals surface area contributed by atoms with Gasteiger partial charge >= 0.3 is 0 Å². The standard InChI is InChI=1S/C14H19FN2O/c1-16-10-14(18)17-7-3-6-13(17)9-11-4-2-5-12(15)8-11/h2,4-5,8,13,16H,3,6-7,9-10H2,1H3/t13-/m0/s1. The van der Waals surface area contributed by atoms with Gasteiger partial charge in [0.1, 0.15) is 5.82 Å². The fraction of sp³-hybridized carbons (Fsp3) is 0.500. The van der Waals surface area contributed by atoms with E-state index in [0.717, 1.165) is 31.4 Å². The molecule has 1 atom stereocenters. The molecule has 0 unspecified atom stereocenters. The maximum Gasteiger partial charge on any atom is 0.236 e. The van der Waals surface area contributed by atoms with Gasteiger partial charge in [0.05, 0.1) is 6.54 Å². The van der Waals surface area contributed by atoms with E-state index in [1.807, 2.05) is 11.0 Å². The molecule has 1 aliphatic rings. The molecule has 0 radical (unpaired) electrons. The van der Waals surface area contributed by atoms with Crippen molar-refractivity contribution in [1.82, 2.24) is 10.2 Å². The molecule has 0 bridgehead atoms. The lowest BCUT2D eigenvalue weighted by molar-refractivity contribution is -0.130. The minimum Gasteiger partial charge on any atom is -0.338 e. The summed E-state index contributed by atoms with van der Waals surface area (Å²) in [6.07, 6.45) is 2.79. The second-order valence-corrected chi connectivity index (χ2v) is 4.75. The topological polar surface area (TPSA) is 32.3 Å². The number of hydrogen-bond donors (Lipinski definition) is 1. The molecule has 1 amide bonds. The minimum absolute atomic E-state index is 0.136. The van der Waals surface area contributed by atoms with Gasteiger partial charge in [0, 0.05) is 12.6 Å². The van der Waals surface area contributed by atoms with Crippen LogP contribution in [0.1, 0.15) is 18.4 Å². The zero-order chi connectivity index (χ0) is 13.0. The van der Waals surface area contributed by atoms with Crippen LogP contribution in [0.15, 0.2) is 24.3 Å². The molecule has 2 rings (SSSR count). The van der Waals surface area contributed by atoms with Gasteiger partial charge in [-0.3, -0.25) is 4.79 Å². The quantitative estimate of drug-likeness (QED) is 0.880. The first-order chi connectivity index (χ1) is 8.70. The molecular weight excluding hydrogens is 231 g/mol. The van der Waals surface area contributed by atoms with Crippen LogP contribution in [0.4, 0.5) is 4.39 Å². The lowest BCUT2D eigenvalue weighted by Crippen LogP contribution is -2.41. The molecule has 0 aromatic heterocycles. The van der Waals surface area contributed by atoms with Crippen molar-refractivity contribution in [1.29, 1.82) is 0 Å². The number of benzene rings is 1. The number of nitrogens with zero attached hydrogens (tertiary/aromatic N) is 1. The van der Waals surface area contributed by atoms with E-state index in [4.69, 9.17) is 0 Å². The highest BCUT2D eigenvalue weighted by atomic mass is 19.1. The van der Waals surface area contributed by atoms with Crippen molar-refractivity contribution in [3.05, 3.63) is 35.6 Å². The summed E-state index contributed by atoms with van der Waals surface area (Å²) in [5.74, 6) is -0.0741. The smallest absolute Gasteiger partial charge is 0.236 e. The molecule has 1 fully saturated rings. The summed E-state index contributed by atoms with van der Waals surface area (Å²) in [4.78, 5) is 13.8. The molecule has 3 nitrogen and oxygen atoms in total. The second kappa shape index (κ2) is 5.96. The predicted molar refractivity (Wildman–Crippen MR) is 68.8 cm³/mol. The molecule has 98 valence electrons. The van der Waals surface area contributed by atoms with E-state index in [-0.39, 0.29) is 17.8 Å². The van der Waals surface area contributed by atoms with Crippen molar-refractivity contribution in [2.24, 2.45) is 0 Å². The van der Waals surface area contributed by atoms with Gasteiger partial charge < -0.3 is 10.2 Å². The summed E-state index contributed by atoms with van der Waals surface area (Å²) in [6.45, 7) is 1.19. The number of hydrogen-bond acceptors (Lipinski definition) is 2. The molecule has 1 heterocycles. The number of amides is 1. The molecule has 1 aliphatic heterocycles. The Kier molecular flexibility index (Phi) is 4.31. The summed E-state index contributed by atoms with van der Waals surface area (Å²) in [5.41, 5.74) is 0.962. The molecule has 0 aliphatic carbocycles. The van der Waals surface area contributed by atoms with Crippen molar-refractivity contribution in [2.45, 2.75) is 25.3 Å². The minimum atomic E-state index is -0.210. The molecule has 18 heavy (non-hydrogen) atoms. The summed E-state index contributed by atoms with van der Waals surface area (Å²) < 4.78 is 13.1. The fourth-order valence-corrected chi connectivity index (χ4v) is 2.57. The first kappa shape index (κ1) is 13.0. The van der Waals surface area contributed by atoms with Gasteiger partial charge in [0.25, 0.3) is 0 Å². The van der Waals surface area contributed by atoms with Gasteiger partial charge in [-0.15, -0.1) is 0 Å². The van der Waals surface area contributed by atoms with Crippen LogP contribution in [0.5, 0.6) is 0 Å². The zero-order valence-corrected chi connectivity index (χ0v) is 10.7. The molecular formula is C14H19FN2O. The Morgan fingerprint density at radius 1 is 1.56 bits per heavy atom. The number of likely N-dealkylation sites (tertiary alicyclic amines) is 1. The number of halogens is 1. The molecule has 1 saturated heterocycles. The Hall–Kier alpha value is -1.42. The first-order valence-corrected chi connectivity index (χ1v) is 6.39. The summed E-state index contributed by atoms with van der Waals surface area (Å²) in [6, 6.07) is 6.86. The lowest BCUT2D eigenvalue weighted by atomic mass is 10.0. The van der Waals surface area contributed by atoms with Gasteiger partial charge in [-0.1, -0.05) is 12.1 Å². The summed E-state index contributed by atoms with van der Waals surface area (Å²) >= 11 is 0. The van der Waals surface area contributed by atoms with Crippen molar-refractivity contribution in [3.8, 4) is 0 Å². The van der Waals surface area contributed by atoms with Crippen molar-refractivity contribution in [3.63, 3.8) is 0 Å². The van der Waals surface area contributed by atoms with Gasteiger partial charge in [-0.25, -0.2) is 4.39 Å². The van der Waals surface area contributed by atoms with E-state index in [1.165, 1.54) is 6.07 Å². The van der Waals surface area contributed by atoms with Crippen molar-refractivity contribution >= 4 is 5.91 Å². The van der Waals surface area contributed by atoms with Gasteiger partial charge in [-0.2, -0.15) is 0 Å². The highest BCUT2D eigenvalue weighted by Gasteiger charge is 2.28. The second-order valence-electron chi connectivity index (χ2n) is 4.75. The third-order valence-electron chi connectivity index (χ3n) is 3.39. The molecule has 0 spiro atoms. The van der Waals surface area contributed by atoms with Crippen molar-refractivity contribution < 1.29 is 9.18 Å². The molecule has 1 N–H and O–H groups in total. The summed E-state index contributed by atoms with van der Waals surface area (Å²) in [7, 11) is 1.77. The highest BCUT2D eigenvalue weighted by Crippen LogP contribution is 2.21. The number of nitrogens with one attached hydrogen (secondary N) is 1. The van der Waals surface area contributed by atoms with Gasteiger partial charge in [0.2, 0.25) is 5.91 Å². The van der Waals surface area contributed by atoms with Crippen LogP contribution >= 0.6 is 0 Å². The van der Waals surface area contributed by atoms with E-state index in [2.05, 4.69) is 5.32 Å². The van der Waals surface area contributed by atoms with Crippen LogP contribution in [0, 0.1) is 5.82 Å². The normalized spacial score (nSPS) is 19.2. The molecule has 4 heteroatoms. The third kappa shape index (κ3) is 3.07. The van der Waals surface area contributed by atoms with Crippen LogP contribution in [0.3, 0.4) is 0 Å². The predicted octanol–water partition coefficient (Wildman–Crippen LogP) is 1.58. The Labute approximate surface area is 107 Å². The van der Waals surface area contributed by atoms with E-state index in [1.54, 1.807) is 19.2 Å². The van der Waals surface area contributed by atoms with E-state index in [9.17, 15) is 9.18 Å². The van der Waals surface area contributed by atoms with E-state index in [0.29, 0.717) is 6.54 Å². The van der Waals surface area contributed by atoms with Crippen molar-refractivity contribution in [2.75, 3.05) is 20.1 Å². The van der Waals surface area contributed by atoms with Gasteiger partial charge in [-0.05, 0) is 44.0 Å². The van der Waals surface area contributed by atoms with Gasteiger partial charge in [0.15, 0.2) is 0 Å². The average molecular weight is 250 g/mol. The number of likely N-dealkylation sites (N-methyl/N-ethyl adjacent to an activating group) is 1. The maximum absolute atomic E-state index is 13.1. The maximum atomic E-state index is 13.1. The van der Waals surface area contributed by atoms with Crippen LogP contribution in [0.2, 0.25) is 0 Å². The third-order valence-corrected chi connectivity index (χ3v) is 3.39. The molecule has 1 aromatic carbocycles. The van der Waals surface area contributed by atoms with Crippen LogP contribution in [0.25, 0.3) is 0 Å². The largest absolute Gasteiger partial charge is 0.338 e. The van der Waals surface area contributed by atoms with E-state index < -0.39 is 0 Å². The lowest BCUT2D eigenvalue weighted by Gasteiger charge is -2.24. The Bertz CT molecular complexity index is 422. The molecule has 1 aromatic rings. The van der Waals surface area contributed by atoms with Crippen LogP contribution in [-0.4, -0.2) is 37.0 Å². The number of carbonyl (C=O) groups excluding carboxylic acids is 1. The van der Waals surface area contributed by atoms with Crippen LogP contribution in [-0.2, 0) is 11.2 Å². The Balaban J connectivity index is 2.01. The summed E-state index contributed by atoms with van der Waals surface area (Å²) in [5, 5.41) is 2.89. The van der Waals surface area contributed by atoms with E-state index >= 15 is 0 Å². The fourth-order valence-electron chi connectivity index (χ4n) is 2.57. The highest BCUT2D eigenvalue weighted by molar-refractivity contribution is 5.78.